The summed E-state index contributed by atoms with van der Waals surface area (Å²) in [6, 6.07) is 6.64. The molecule has 144 valence electrons. The largest absolute Gasteiger partial charge is 0.369 e. The number of carbonyl (C=O) groups excluding carboxylic acids is 2. The van der Waals surface area contributed by atoms with Crippen molar-refractivity contribution in [1.29, 1.82) is 0 Å². The van der Waals surface area contributed by atoms with Gasteiger partial charge in [-0.3, -0.25) is 19.4 Å². The zero-order chi connectivity index (χ0) is 18.8. The SMILES string of the molecule is O=C1C2CC=CCC2C(=O)N1CCCN1CCN(c2ccc(F)cc2)CC1. The van der Waals surface area contributed by atoms with Crippen LogP contribution in [0.1, 0.15) is 19.3 Å². The number of imide groups is 1. The normalized spacial score (nSPS) is 26.0. The highest BCUT2D eigenvalue weighted by molar-refractivity contribution is 6.05. The van der Waals surface area contributed by atoms with Gasteiger partial charge in [-0.2, -0.15) is 0 Å². The maximum Gasteiger partial charge on any atom is 0.233 e. The summed E-state index contributed by atoms with van der Waals surface area (Å²) in [4.78, 5) is 31.1. The van der Waals surface area contributed by atoms with Crippen LogP contribution >= 0.6 is 0 Å². The molecular weight excluding hydrogens is 345 g/mol. The molecule has 1 aliphatic carbocycles. The van der Waals surface area contributed by atoms with E-state index in [1.165, 1.54) is 17.0 Å². The molecule has 2 heterocycles. The second kappa shape index (κ2) is 7.80. The van der Waals surface area contributed by atoms with E-state index in [0.717, 1.165) is 44.8 Å². The highest BCUT2D eigenvalue weighted by atomic mass is 19.1. The summed E-state index contributed by atoms with van der Waals surface area (Å²) in [6.07, 6.45) is 6.28. The maximum atomic E-state index is 13.1. The molecule has 0 saturated carbocycles. The van der Waals surface area contributed by atoms with Gasteiger partial charge < -0.3 is 4.90 Å². The van der Waals surface area contributed by atoms with Gasteiger partial charge in [-0.25, -0.2) is 4.39 Å². The third kappa shape index (κ3) is 3.76. The number of halogens is 1. The number of hydrogen-bond acceptors (Lipinski definition) is 4. The third-order valence-electron chi connectivity index (χ3n) is 6.02. The first-order valence-corrected chi connectivity index (χ1v) is 9.86. The standard InChI is InChI=1S/C21H26FN3O2/c22-16-6-8-17(9-7-16)24-14-12-23(13-15-24)10-3-11-25-20(26)18-4-1-2-5-19(18)21(25)27/h1-2,6-9,18-19H,3-5,10-15H2. The van der Waals surface area contributed by atoms with Crippen LogP contribution in [0.4, 0.5) is 10.1 Å². The number of piperazine rings is 1. The van der Waals surface area contributed by atoms with Gasteiger partial charge in [0.15, 0.2) is 0 Å². The molecule has 0 spiro atoms. The molecule has 5 nitrogen and oxygen atoms in total. The van der Waals surface area contributed by atoms with Crippen LogP contribution in [-0.2, 0) is 9.59 Å². The fourth-order valence-electron chi connectivity index (χ4n) is 4.42. The van der Waals surface area contributed by atoms with E-state index < -0.39 is 0 Å². The molecule has 2 fully saturated rings. The second-order valence-corrected chi connectivity index (χ2v) is 7.64. The van der Waals surface area contributed by atoms with Gasteiger partial charge in [0.25, 0.3) is 0 Å². The Kier molecular flexibility index (Phi) is 5.25. The van der Waals surface area contributed by atoms with Crippen LogP contribution in [0.25, 0.3) is 0 Å². The van der Waals surface area contributed by atoms with E-state index in [0.29, 0.717) is 19.4 Å². The van der Waals surface area contributed by atoms with Crippen LogP contribution in [0.5, 0.6) is 0 Å². The molecule has 1 aromatic carbocycles. The Balaban J connectivity index is 1.22. The number of anilines is 1. The first-order valence-electron chi connectivity index (χ1n) is 9.86. The van der Waals surface area contributed by atoms with Crippen molar-refractivity contribution in [1.82, 2.24) is 9.80 Å². The monoisotopic (exact) mass is 371 g/mol. The predicted molar refractivity (Wildman–Crippen MR) is 102 cm³/mol. The van der Waals surface area contributed by atoms with E-state index in [4.69, 9.17) is 0 Å². The van der Waals surface area contributed by atoms with Crippen LogP contribution in [-0.4, -0.2) is 60.9 Å². The van der Waals surface area contributed by atoms with Crippen molar-refractivity contribution in [3.8, 4) is 0 Å². The summed E-state index contributed by atoms with van der Waals surface area (Å²) in [6.45, 7) is 5.11. The summed E-state index contributed by atoms with van der Waals surface area (Å²) in [5.41, 5.74) is 1.06. The molecule has 6 heteroatoms. The van der Waals surface area contributed by atoms with Crippen molar-refractivity contribution < 1.29 is 14.0 Å². The summed E-state index contributed by atoms with van der Waals surface area (Å²) in [5, 5.41) is 0. The molecule has 0 aromatic heterocycles. The number of fused-ring (bicyclic) bond motifs is 1. The average Bonchev–Trinajstić information content (AvgIpc) is 2.94. The number of carbonyl (C=O) groups is 2. The Bertz CT molecular complexity index is 699. The number of rotatable bonds is 5. The molecule has 3 aliphatic rings. The Morgan fingerprint density at radius 1 is 0.852 bits per heavy atom. The molecular formula is C21H26FN3O2. The lowest BCUT2D eigenvalue weighted by Gasteiger charge is -2.36. The number of likely N-dealkylation sites (tertiary alicyclic amines) is 1. The first kappa shape index (κ1) is 18.2. The van der Waals surface area contributed by atoms with Gasteiger partial charge in [0.1, 0.15) is 5.82 Å². The number of allylic oxidation sites excluding steroid dienone is 2. The topological polar surface area (TPSA) is 43.9 Å². The van der Waals surface area contributed by atoms with Gasteiger partial charge in [-0.1, -0.05) is 12.2 Å². The fourth-order valence-corrected chi connectivity index (χ4v) is 4.42. The summed E-state index contributed by atoms with van der Waals surface area (Å²) in [5.74, 6) is -0.409. The lowest BCUT2D eigenvalue weighted by molar-refractivity contribution is -0.140. The molecule has 2 amide bonds. The zero-order valence-electron chi connectivity index (χ0n) is 15.5. The minimum Gasteiger partial charge on any atom is -0.369 e. The highest BCUT2D eigenvalue weighted by Crippen LogP contribution is 2.35. The van der Waals surface area contributed by atoms with Crippen molar-refractivity contribution in [3.05, 3.63) is 42.2 Å². The van der Waals surface area contributed by atoms with Gasteiger partial charge >= 0.3 is 0 Å². The molecule has 2 unspecified atom stereocenters. The van der Waals surface area contributed by atoms with E-state index in [9.17, 15) is 14.0 Å². The van der Waals surface area contributed by atoms with Gasteiger partial charge in [-0.15, -0.1) is 0 Å². The molecule has 0 radical (unpaired) electrons. The molecule has 2 saturated heterocycles. The van der Waals surface area contributed by atoms with Gasteiger partial charge in [0.2, 0.25) is 11.8 Å². The van der Waals surface area contributed by atoms with E-state index >= 15 is 0 Å². The molecule has 0 bridgehead atoms. The molecule has 2 aliphatic heterocycles. The summed E-state index contributed by atoms with van der Waals surface area (Å²) in [7, 11) is 0. The van der Waals surface area contributed by atoms with Crippen molar-refractivity contribution >= 4 is 17.5 Å². The van der Waals surface area contributed by atoms with E-state index in [-0.39, 0.29) is 29.5 Å². The van der Waals surface area contributed by atoms with Gasteiger partial charge in [-0.05, 0) is 50.1 Å². The lowest BCUT2D eigenvalue weighted by Crippen LogP contribution is -2.47. The first-order chi connectivity index (χ1) is 13.1. The number of amides is 2. The molecule has 1 aromatic rings. The third-order valence-corrected chi connectivity index (χ3v) is 6.02. The Labute approximate surface area is 159 Å². The van der Waals surface area contributed by atoms with Crippen molar-refractivity contribution in [2.45, 2.75) is 19.3 Å². The van der Waals surface area contributed by atoms with Crippen molar-refractivity contribution in [3.63, 3.8) is 0 Å². The Hall–Kier alpha value is -2.21. The van der Waals surface area contributed by atoms with Gasteiger partial charge in [0, 0.05) is 38.4 Å². The Morgan fingerprint density at radius 3 is 2.04 bits per heavy atom. The van der Waals surface area contributed by atoms with Crippen LogP contribution in [0.2, 0.25) is 0 Å². The van der Waals surface area contributed by atoms with Crippen molar-refractivity contribution in [2.75, 3.05) is 44.2 Å². The van der Waals surface area contributed by atoms with Crippen molar-refractivity contribution in [2.24, 2.45) is 11.8 Å². The fraction of sp³-hybridized carbons (Fsp3) is 0.524. The number of benzene rings is 1. The summed E-state index contributed by atoms with van der Waals surface area (Å²) < 4.78 is 13.1. The minimum absolute atomic E-state index is 0.0236. The van der Waals surface area contributed by atoms with Gasteiger partial charge in [0.05, 0.1) is 11.8 Å². The molecule has 27 heavy (non-hydrogen) atoms. The smallest absolute Gasteiger partial charge is 0.233 e. The zero-order valence-corrected chi connectivity index (χ0v) is 15.5. The molecule has 0 N–H and O–H groups in total. The quantitative estimate of drug-likeness (QED) is 0.588. The highest BCUT2D eigenvalue weighted by Gasteiger charge is 2.46. The predicted octanol–water partition coefficient (Wildman–Crippen LogP) is 2.29. The molecule has 4 rings (SSSR count). The Morgan fingerprint density at radius 2 is 1.44 bits per heavy atom. The van der Waals surface area contributed by atoms with Crippen LogP contribution in [0, 0.1) is 17.7 Å². The maximum absolute atomic E-state index is 13.1. The summed E-state index contributed by atoms with van der Waals surface area (Å²) >= 11 is 0. The minimum atomic E-state index is -0.209. The lowest BCUT2D eigenvalue weighted by atomic mass is 9.85. The molecule has 2 atom stereocenters. The van der Waals surface area contributed by atoms with E-state index in [1.54, 1.807) is 0 Å². The number of nitrogens with zero attached hydrogens (tertiary/aromatic N) is 3. The van der Waals surface area contributed by atoms with Crippen LogP contribution < -0.4 is 4.90 Å². The van der Waals surface area contributed by atoms with Crippen LogP contribution in [0.15, 0.2) is 36.4 Å². The average molecular weight is 371 g/mol. The second-order valence-electron chi connectivity index (χ2n) is 7.64. The number of hydrogen-bond donors (Lipinski definition) is 0. The van der Waals surface area contributed by atoms with Crippen LogP contribution in [0.3, 0.4) is 0 Å². The van der Waals surface area contributed by atoms with E-state index in [2.05, 4.69) is 9.80 Å². The van der Waals surface area contributed by atoms with E-state index in [1.807, 2.05) is 24.3 Å².